The molecule has 0 radical (unpaired) electrons. The smallest absolute Gasteiger partial charge is 0.274 e. The second-order valence-corrected chi connectivity index (χ2v) is 5.85. The summed E-state index contributed by atoms with van der Waals surface area (Å²) in [5.74, 6) is 0.481. The number of fused-ring (bicyclic) bond motifs is 1. The molecule has 0 aliphatic heterocycles. The van der Waals surface area contributed by atoms with Crippen molar-refractivity contribution in [2.45, 2.75) is 25.9 Å². The highest BCUT2D eigenvalue weighted by molar-refractivity contribution is 7.15. The molecule has 6 nitrogen and oxygen atoms in total. The number of carbonyl (C=O) groups is 1. The number of aliphatic hydroxyl groups excluding tert-OH is 1. The molecule has 22 heavy (non-hydrogen) atoms. The largest absolute Gasteiger partial charge is 0.467 e. The van der Waals surface area contributed by atoms with Crippen LogP contribution in [0.5, 0.6) is 0 Å². The first-order valence-corrected chi connectivity index (χ1v) is 7.97. The van der Waals surface area contributed by atoms with Crippen LogP contribution in [0.25, 0.3) is 4.96 Å². The molecule has 1 amide bonds. The Morgan fingerprint density at radius 3 is 3.09 bits per heavy atom. The van der Waals surface area contributed by atoms with Crippen molar-refractivity contribution in [1.82, 2.24) is 14.3 Å². The van der Waals surface area contributed by atoms with Gasteiger partial charge in [0.2, 0.25) is 0 Å². The number of hydrogen-bond donors (Lipinski definition) is 1. The number of imidazole rings is 1. The normalized spacial score (nSPS) is 12.6. The predicted molar refractivity (Wildman–Crippen MR) is 82.8 cm³/mol. The number of hydrogen-bond acceptors (Lipinski definition) is 5. The second kappa shape index (κ2) is 6.33. The maximum Gasteiger partial charge on any atom is 0.274 e. The lowest BCUT2D eigenvalue weighted by atomic mass is 10.2. The maximum atomic E-state index is 12.8. The van der Waals surface area contributed by atoms with E-state index in [1.165, 1.54) is 11.3 Å². The summed E-state index contributed by atoms with van der Waals surface area (Å²) in [5.41, 5.74) is 0.380. The van der Waals surface area contributed by atoms with Gasteiger partial charge in [-0.1, -0.05) is 6.92 Å². The third kappa shape index (κ3) is 2.77. The van der Waals surface area contributed by atoms with E-state index in [0.29, 0.717) is 24.4 Å². The number of carbonyl (C=O) groups excluding carboxylic acids is 1. The monoisotopic (exact) mass is 319 g/mol. The minimum absolute atomic E-state index is 0.0921. The summed E-state index contributed by atoms with van der Waals surface area (Å²) < 4.78 is 7.16. The van der Waals surface area contributed by atoms with Crippen LogP contribution in [0.4, 0.5) is 0 Å². The molecule has 116 valence electrons. The lowest BCUT2D eigenvalue weighted by Gasteiger charge is -2.28. The van der Waals surface area contributed by atoms with E-state index >= 15 is 0 Å². The Morgan fingerprint density at radius 1 is 1.59 bits per heavy atom. The molecule has 1 atom stereocenters. The lowest BCUT2D eigenvalue weighted by Crippen LogP contribution is -2.41. The van der Waals surface area contributed by atoms with E-state index < -0.39 is 0 Å². The Balaban J connectivity index is 1.89. The van der Waals surface area contributed by atoms with Crippen molar-refractivity contribution in [2.24, 2.45) is 0 Å². The lowest BCUT2D eigenvalue weighted by molar-refractivity contribution is 0.0540. The number of aromatic nitrogens is 2. The van der Waals surface area contributed by atoms with E-state index in [9.17, 15) is 9.90 Å². The third-order valence-corrected chi connectivity index (χ3v) is 4.37. The fourth-order valence-electron chi connectivity index (χ4n) is 2.36. The topological polar surface area (TPSA) is 71.0 Å². The SMILES string of the molecule is CC[C@H](CO)N(Cc1ccco1)C(=O)c1cn2ccsc2n1. The van der Waals surface area contributed by atoms with Crippen molar-refractivity contribution >= 4 is 22.2 Å². The van der Waals surface area contributed by atoms with Gasteiger partial charge in [0, 0.05) is 17.8 Å². The van der Waals surface area contributed by atoms with E-state index in [-0.39, 0.29) is 18.6 Å². The Bertz CT molecular complexity index is 715. The van der Waals surface area contributed by atoms with Gasteiger partial charge in [-0.05, 0) is 18.6 Å². The van der Waals surface area contributed by atoms with E-state index in [1.54, 1.807) is 23.4 Å². The van der Waals surface area contributed by atoms with Crippen LogP contribution in [-0.4, -0.2) is 37.9 Å². The minimum atomic E-state index is -0.266. The molecule has 0 unspecified atom stereocenters. The van der Waals surface area contributed by atoms with E-state index in [4.69, 9.17) is 4.42 Å². The zero-order valence-electron chi connectivity index (χ0n) is 12.2. The number of amides is 1. The summed E-state index contributed by atoms with van der Waals surface area (Å²) in [6.07, 6.45) is 5.81. The number of thiazole rings is 1. The van der Waals surface area contributed by atoms with Crippen molar-refractivity contribution in [3.8, 4) is 0 Å². The molecule has 0 aliphatic carbocycles. The second-order valence-electron chi connectivity index (χ2n) is 4.98. The van der Waals surface area contributed by atoms with Crippen LogP contribution in [0.2, 0.25) is 0 Å². The molecule has 7 heteroatoms. The highest BCUT2D eigenvalue weighted by atomic mass is 32.1. The average molecular weight is 319 g/mol. The average Bonchev–Trinajstić information content (AvgIpc) is 3.23. The maximum absolute atomic E-state index is 12.8. The summed E-state index contributed by atoms with van der Waals surface area (Å²) in [4.78, 5) is 19.5. The molecule has 0 aromatic carbocycles. The van der Waals surface area contributed by atoms with Crippen LogP contribution in [0.15, 0.2) is 40.6 Å². The van der Waals surface area contributed by atoms with Gasteiger partial charge in [0.1, 0.15) is 11.5 Å². The van der Waals surface area contributed by atoms with Crippen molar-refractivity contribution in [3.63, 3.8) is 0 Å². The zero-order chi connectivity index (χ0) is 15.5. The first kappa shape index (κ1) is 14.8. The van der Waals surface area contributed by atoms with Gasteiger partial charge in [0.25, 0.3) is 5.91 Å². The molecule has 3 rings (SSSR count). The molecule has 3 heterocycles. The van der Waals surface area contributed by atoms with Gasteiger partial charge in [-0.2, -0.15) is 0 Å². The summed E-state index contributed by atoms with van der Waals surface area (Å²) in [7, 11) is 0. The standard InChI is InChI=1S/C15H17N3O3S/c1-2-11(10-19)18(8-12-4-3-6-21-12)14(20)13-9-17-5-7-22-15(17)16-13/h3-7,9,11,19H,2,8,10H2,1H3/t11-/m1/s1. The number of aliphatic hydroxyl groups is 1. The number of rotatable bonds is 6. The van der Waals surface area contributed by atoms with Crippen LogP contribution in [0, 0.1) is 0 Å². The van der Waals surface area contributed by atoms with Crippen LogP contribution in [-0.2, 0) is 6.54 Å². The highest BCUT2D eigenvalue weighted by Gasteiger charge is 2.26. The Labute approximate surface area is 131 Å². The summed E-state index contributed by atoms with van der Waals surface area (Å²) in [6, 6.07) is 3.33. The molecular formula is C15H17N3O3S. The molecule has 3 aromatic heterocycles. The molecular weight excluding hydrogens is 302 g/mol. The molecule has 0 aliphatic rings. The van der Waals surface area contributed by atoms with Crippen LogP contribution >= 0.6 is 11.3 Å². The zero-order valence-corrected chi connectivity index (χ0v) is 13.0. The van der Waals surface area contributed by atoms with Crippen molar-refractivity contribution in [2.75, 3.05) is 6.61 Å². The quantitative estimate of drug-likeness (QED) is 0.757. The van der Waals surface area contributed by atoms with Gasteiger partial charge < -0.3 is 14.4 Å². The van der Waals surface area contributed by atoms with Crippen LogP contribution in [0.3, 0.4) is 0 Å². The molecule has 0 saturated heterocycles. The van der Waals surface area contributed by atoms with Crippen LogP contribution < -0.4 is 0 Å². The van der Waals surface area contributed by atoms with Gasteiger partial charge in [-0.25, -0.2) is 4.98 Å². The van der Waals surface area contributed by atoms with Crippen molar-refractivity contribution in [1.29, 1.82) is 0 Å². The van der Waals surface area contributed by atoms with Gasteiger partial charge in [-0.3, -0.25) is 9.20 Å². The van der Waals surface area contributed by atoms with Gasteiger partial charge in [-0.15, -0.1) is 11.3 Å². The van der Waals surface area contributed by atoms with Gasteiger partial charge in [0.05, 0.1) is 25.5 Å². The number of nitrogens with zero attached hydrogens (tertiary/aromatic N) is 3. The molecule has 0 saturated carbocycles. The molecule has 0 fully saturated rings. The van der Waals surface area contributed by atoms with Crippen LogP contribution in [0.1, 0.15) is 29.6 Å². The highest BCUT2D eigenvalue weighted by Crippen LogP contribution is 2.17. The first-order chi connectivity index (χ1) is 10.7. The van der Waals surface area contributed by atoms with E-state index in [0.717, 1.165) is 4.96 Å². The predicted octanol–water partition coefficient (Wildman–Crippen LogP) is 2.40. The minimum Gasteiger partial charge on any atom is -0.467 e. The first-order valence-electron chi connectivity index (χ1n) is 7.09. The van der Waals surface area contributed by atoms with Gasteiger partial charge >= 0.3 is 0 Å². The Morgan fingerprint density at radius 2 is 2.45 bits per heavy atom. The summed E-state index contributed by atoms with van der Waals surface area (Å²) >= 11 is 1.48. The van der Waals surface area contributed by atoms with E-state index in [1.807, 2.05) is 29.0 Å². The summed E-state index contributed by atoms with van der Waals surface area (Å²) in [5, 5.41) is 11.5. The van der Waals surface area contributed by atoms with Crippen molar-refractivity contribution in [3.05, 3.63) is 47.6 Å². The van der Waals surface area contributed by atoms with E-state index in [2.05, 4.69) is 4.98 Å². The number of furan rings is 1. The molecule has 1 N–H and O–H groups in total. The van der Waals surface area contributed by atoms with Crippen molar-refractivity contribution < 1.29 is 14.3 Å². The fourth-order valence-corrected chi connectivity index (χ4v) is 3.06. The fraction of sp³-hybridized carbons (Fsp3) is 0.333. The Kier molecular flexibility index (Phi) is 4.26. The van der Waals surface area contributed by atoms with Gasteiger partial charge in [0.15, 0.2) is 4.96 Å². The summed E-state index contributed by atoms with van der Waals surface area (Å²) in [6.45, 7) is 2.16. The molecule has 0 bridgehead atoms. The molecule has 0 spiro atoms. The Hall–Kier alpha value is -2.12. The molecule has 3 aromatic rings. The third-order valence-electron chi connectivity index (χ3n) is 3.60.